The maximum atomic E-state index is 6.00. The van der Waals surface area contributed by atoms with Crippen LogP contribution in [-0.4, -0.2) is 26.7 Å². The third-order valence-electron chi connectivity index (χ3n) is 4.47. The number of benzene rings is 2. The summed E-state index contributed by atoms with van der Waals surface area (Å²) in [6.07, 6.45) is 0. The lowest BCUT2D eigenvalue weighted by atomic mass is 9.85. The zero-order valence-electron chi connectivity index (χ0n) is 14.7. The molecule has 0 saturated heterocycles. The molecule has 0 radical (unpaired) electrons. The second-order valence-electron chi connectivity index (χ2n) is 6.49. The van der Waals surface area contributed by atoms with Gasteiger partial charge in [-0.25, -0.2) is 0 Å². The lowest BCUT2D eigenvalue weighted by Crippen LogP contribution is -3.13. The molecular formula is C21H26NO+. The van der Waals surface area contributed by atoms with Crippen LogP contribution in [0, 0.1) is 11.8 Å². The third-order valence-corrected chi connectivity index (χ3v) is 4.47. The Kier molecular flexibility index (Phi) is 5.26. The van der Waals surface area contributed by atoms with Gasteiger partial charge in [0.2, 0.25) is 0 Å². The minimum atomic E-state index is -0.755. The first-order chi connectivity index (χ1) is 10.9. The number of quaternary nitrogens is 1. The molecule has 0 aromatic heterocycles. The van der Waals surface area contributed by atoms with Crippen molar-refractivity contribution in [1.82, 2.24) is 0 Å². The van der Waals surface area contributed by atoms with Crippen LogP contribution in [0.25, 0.3) is 0 Å². The molecule has 2 aromatic carbocycles. The van der Waals surface area contributed by atoms with Gasteiger partial charge in [0, 0.05) is 32.1 Å². The van der Waals surface area contributed by atoms with Gasteiger partial charge in [-0.3, -0.25) is 0 Å². The molecule has 23 heavy (non-hydrogen) atoms. The van der Waals surface area contributed by atoms with E-state index in [2.05, 4.69) is 64.0 Å². The van der Waals surface area contributed by atoms with Crippen LogP contribution in [0.15, 0.2) is 60.7 Å². The van der Waals surface area contributed by atoms with E-state index < -0.39 is 5.60 Å². The zero-order chi connectivity index (χ0) is 16.9. The summed E-state index contributed by atoms with van der Waals surface area (Å²) in [5.41, 5.74) is 1.18. The number of rotatable bonds is 4. The van der Waals surface area contributed by atoms with Crippen LogP contribution < -0.4 is 4.90 Å². The van der Waals surface area contributed by atoms with Crippen LogP contribution in [-0.2, 0) is 10.3 Å². The van der Waals surface area contributed by atoms with E-state index in [1.807, 2.05) is 36.4 Å². The maximum absolute atomic E-state index is 6.00. The van der Waals surface area contributed by atoms with Crippen molar-refractivity contribution >= 4 is 0 Å². The van der Waals surface area contributed by atoms with Gasteiger partial charge in [0.1, 0.15) is 0 Å². The van der Waals surface area contributed by atoms with Crippen molar-refractivity contribution in [2.24, 2.45) is 0 Å². The Morgan fingerprint density at radius 1 is 0.783 bits per heavy atom. The molecule has 0 spiro atoms. The highest BCUT2D eigenvalue weighted by molar-refractivity contribution is 5.45. The molecule has 0 aliphatic rings. The van der Waals surface area contributed by atoms with E-state index in [9.17, 15) is 0 Å². The summed E-state index contributed by atoms with van der Waals surface area (Å²) in [6.45, 7) is 4.29. The van der Waals surface area contributed by atoms with Crippen molar-refractivity contribution in [3.05, 3.63) is 71.8 Å². The summed E-state index contributed by atoms with van der Waals surface area (Å²) >= 11 is 0. The molecule has 0 amide bonds. The number of ether oxygens (including phenoxy) is 1. The molecule has 2 nitrogen and oxygen atoms in total. The molecule has 0 bridgehead atoms. The minimum absolute atomic E-state index is 0.159. The summed E-state index contributed by atoms with van der Waals surface area (Å²) in [6, 6.07) is 20.4. The zero-order valence-corrected chi connectivity index (χ0v) is 14.7. The van der Waals surface area contributed by atoms with Gasteiger partial charge in [-0.1, -0.05) is 66.6 Å². The highest BCUT2D eigenvalue weighted by atomic mass is 16.5. The SMILES string of the molecule is COC(C#CC(C)(C)[NH+](C)C)(c1ccccc1)c1ccccc1. The van der Waals surface area contributed by atoms with Gasteiger partial charge in [-0.15, -0.1) is 0 Å². The fourth-order valence-corrected chi connectivity index (χ4v) is 2.31. The summed E-state index contributed by atoms with van der Waals surface area (Å²) < 4.78 is 6.00. The average molecular weight is 308 g/mol. The lowest BCUT2D eigenvalue weighted by molar-refractivity contribution is -0.900. The molecule has 0 unspecified atom stereocenters. The molecule has 0 fully saturated rings. The number of hydrogen-bond donors (Lipinski definition) is 1. The van der Waals surface area contributed by atoms with Crippen LogP contribution >= 0.6 is 0 Å². The molecule has 120 valence electrons. The smallest absolute Gasteiger partial charge is 0.179 e. The van der Waals surface area contributed by atoms with Gasteiger partial charge in [0.15, 0.2) is 11.1 Å². The molecule has 2 heteroatoms. The standard InChI is InChI=1S/C21H25NO/c1-20(2,22(3)4)16-17-21(23-5,18-12-8-6-9-13-18)19-14-10-7-11-15-19/h6-15H,1-5H3/p+1. The summed E-state index contributed by atoms with van der Waals surface area (Å²) in [5.74, 6) is 6.88. The second-order valence-corrected chi connectivity index (χ2v) is 6.49. The third kappa shape index (κ3) is 3.64. The van der Waals surface area contributed by atoms with Crippen molar-refractivity contribution in [3.8, 4) is 11.8 Å². The van der Waals surface area contributed by atoms with Crippen LogP contribution in [0.3, 0.4) is 0 Å². The van der Waals surface area contributed by atoms with Crippen LogP contribution in [0.2, 0.25) is 0 Å². The van der Waals surface area contributed by atoms with E-state index in [4.69, 9.17) is 4.74 Å². The number of hydrogen-bond acceptors (Lipinski definition) is 1. The Bertz CT molecular complexity index is 639. The fourth-order valence-electron chi connectivity index (χ4n) is 2.31. The van der Waals surface area contributed by atoms with E-state index in [1.165, 1.54) is 4.90 Å². The van der Waals surface area contributed by atoms with Crippen molar-refractivity contribution in [3.63, 3.8) is 0 Å². The maximum Gasteiger partial charge on any atom is 0.179 e. The molecule has 2 aromatic rings. The first kappa shape index (κ1) is 17.3. The molecule has 2 rings (SSSR count). The highest BCUT2D eigenvalue weighted by Crippen LogP contribution is 2.32. The van der Waals surface area contributed by atoms with E-state index in [0.29, 0.717) is 0 Å². The van der Waals surface area contributed by atoms with E-state index in [-0.39, 0.29) is 5.54 Å². The topological polar surface area (TPSA) is 13.7 Å². The normalized spacial score (nSPS) is 11.9. The van der Waals surface area contributed by atoms with Crippen molar-refractivity contribution in [1.29, 1.82) is 0 Å². The quantitative estimate of drug-likeness (QED) is 0.857. The Balaban J connectivity index is 2.64. The predicted molar refractivity (Wildman–Crippen MR) is 95.3 cm³/mol. The molecular weight excluding hydrogens is 282 g/mol. The van der Waals surface area contributed by atoms with Gasteiger partial charge in [0.05, 0.1) is 14.1 Å². The average Bonchev–Trinajstić information content (AvgIpc) is 2.57. The van der Waals surface area contributed by atoms with Crippen LogP contribution in [0.4, 0.5) is 0 Å². The first-order valence-corrected chi connectivity index (χ1v) is 7.93. The molecule has 0 aliphatic carbocycles. The van der Waals surface area contributed by atoms with Gasteiger partial charge in [0.25, 0.3) is 0 Å². The number of methoxy groups -OCH3 is 1. The second kappa shape index (κ2) is 7.00. The molecule has 0 aliphatic heterocycles. The summed E-state index contributed by atoms with van der Waals surface area (Å²) in [7, 11) is 5.96. The van der Waals surface area contributed by atoms with Gasteiger partial charge >= 0.3 is 0 Å². The van der Waals surface area contributed by atoms with E-state index in [1.54, 1.807) is 7.11 Å². The van der Waals surface area contributed by atoms with E-state index in [0.717, 1.165) is 11.1 Å². The fraction of sp³-hybridized carbons (Fsp3) is 0.333. The van der Waals surface area contributed by atoms with Crippen LogP contribution in [0.5, 0.6) is 0 Å². The lowest BCUT2D eigenvalue weighted by Gasteiger charge is -2.30. The highest BCUT2D eigenvalue weighted by Gasteiger charge is 2.33. The molecule has 0 heterocycles. The van der Waals surface area contributed by atoms with Crippen molar-refractivity contribution < 1.29 is 9.64 Å². The van der Waals surface area contributed by atoms with Crippen LogP contribution in [0.1, 0.15) is 25.0 Å². The molecule has 0 saturated carbocycles. The predicted octanol–water partition coefficient (Wildman–Crippen LogP) is 2.50. The minimum Gasteiger partial charge on any atom is -0.357 e. The van der Waals surface area contributed by atoms with Crippen molar-refractivity contribution in [2.75, 3.05) is 21.2 Å². The van der Waals surface area contributed by atoms with Gasteiger partial charge in [-0.05, 0) is 5.92 Å². The Labute approximate surface area is 140 Å². The Morgan fingerprint density at radius 2 is 1.22 bits per heavy atom. The first-order valence-electron chi connectivity index (χ1n) is 7.93. The van der Waals surface area contributed by atoms with Gasteiger partial charge < -0.3 is 9.64 Å². The summed E-state index contributed by atoms with van der Waals surface area (Å²) in [4.78, 5) is 1.29. The molecule has 0 atom stereocenters. The van der Waals surface area contributed by atoms with E-state index >= 15 is 0 Å². The van der Waals surface area contributed by atoms with Gasteiger partial charge in [-0.2, -0.15) is 0 Å². The summed E-state index contributed by atoms with van der Waals surface area (Å²) in [5, 5.41) is 0. The largest absolute Gasteiger partial charge is 0.357 e. The number of nitrogens with one attached hydrogen (secondary N) is 1. The van der Waals surface area contributed by atoms with Crippen molar-refractivity contribution in [2.45, 2.75) is 25.0 Å². The monoisotopic (exact) mass is 308 g/mol. The Hall–Kier alpha value is -2.08. The molecule has 1 N–H and O–H groups in total. The Morgan fingerprint density at radius 3 is 1.57 bits per heavy atom.